The molecule has 1 aromatic carbocycles. The van der Waals surface area contributed by atoms with Crippen LogP contribution < -0.4 is 5.32 Å². The van der Waals surface area contributed by atoms with Gasteiger partial charge < -0.3 is 9.87 Å². The third kappa shape index (κ3) is 4.08. The zero-order valence-corrected chi connectivity index (χ0v) is 14.3. The normalized spacial score (nSPS) is 13.2. The molecule has 2 rings (SSSR count). The second kappa shape index (κ2) is 7.24. The van der Waals surface area contributed by atoms with Crippen molar-refractivity contribution in [3.8, 4) is 0 Å². The fraction of sp³-hybridized carbons (Fsp3) is 0.143. The molecular weight excluding hydrogens is 360 g/mol. The van der Waals surface area contributed by atoms with E-state index in [9.17, 15) is 21.8 Å². The topological polar surface area (TPSA) is 95.0 Å². The van der Waals surface area contributed by atoms with Crippen LogP contribution in [0.3, 0.4) is 0 Å². The summed E-state index contributed by atoms with van der Waals surface area (Å²) in [6.07, 6.45) is 3.88. The van der Waals surface area contributed by atoms with E-state index < -0.39 is 37.5 Å². The lowest BCUT2D eigenvalue weighted by Gasteiger charge is -2.07. The highest BCUT2D eigenvalue weighted by Crippen LogP contribution is 2.21. The quantitative estimate of drug-likeness (QED) is 0.489. The molecule has 128 valence electrons. The molecule has 0 fully saturated rings. The number of hydrogen-bond donors (Lipinski definition) is 1. The van der Waals surface area contributed by atoms with Gasteiger partial charge in [0.05, 0.1) is 0 Å². The maximum Gasteiger partial charge on any atom is 0.344 e. The summed E-state index contributed by atoms with van der Waals surface area (Å²) in [7, 11) is -2.57. The van der Waals surface area contributed by atoms with Crippen molar-refractivity contribution >= 4 is 32.9 Å². The first kappa shape index (κ1) is 18.3. The average Bonchev–Trinajstić information content (AvgIpc) is 2.52. The summed E-state index contributed by atoms with van der Waals surface area (Å²) in [5, 5.41) is 3.59. The zero-order chi connectivity index (χ0) is 17.9. The Kier molecular flexibility index (Phi) is 5.52. The van der Waals surface area contributed by atoms with E-state index in [1.165, 1.54) is 18.5 Å². The van der Waals surface area contributed by atoms with Crippen LogP contribution in [0.25, 0.3) is 6.08 Å². The van der Waals surface area contributed by atoms with Crippen molar-refractivity contribution < 1.29 is 21.8 Å². The zero-order valence-electron chi connectivity index (χ0n) is 12.7. The van der Waals surface area contributed by atoms with Crippen LogP contribution >= 0.6 is 0 Å². The fourth-order valence-corrected chi connectivity index (χ4v) is 3.26. The SMILES string of the molecule is CNc1nc([S+](C)[O-])ncc1C=CS(=O)(=O)c1ccc(F)cc1F. The van der Waals surface area contributed by atoms with Gasteiger partial charge in [-0.2, -0.15) is 9.97 Å². The molecule has 1 atom stereocenters. The lowest BCUT2D eigenvalue weighted by Crippen LogP contribution is -2.07. The molecule has 0 saturated carbocycles. The standard InChI is InChI=1S/C14H13F2N3O3S2/c1-17-13-9(8-18-14(19-13)23(2)20)5-6-24(21,22)12-4-3-10(15)7-11(12)16/h3-8H,1-2H3,(H,17,18,19). The van der Waals surface area contributed by atoms with Crippen LogP contribution in [0, 0.1) is 11.6 Å². The molecule has 2 aromatic rings. The Morgan fingerprint density at radius 3 is 2.62 bits per heavy atom. The van der Waals surface area contributed by atoms with Crippen LogP contribution in [0.4, 0.5) is 14.6 Å². The molecule has 0 aliphatic rings. The summed E-state index contributed by atoms with van der Waals surface area (Å²) < 4.78 is 62.2. The Bertz CT molecular complexity index is 887. The van der Waals surface area contributed by atoms with Crippen LogP contribution in [0.1, 0.15) is 5.56 Å². The van der Waals surface area contributed by atoms with E-state index in [4.69, 9.17) is 0 Å². The van der Waals surface area contributed by atoms with Gasteiger partial charge in [-0.3, -0.25) is 0 Å². The van der Waals surface area contributed by atoms with E-state index >= 15 is 0 Å². The first-order valence-corrected chi connectivity index (χ1v) is 9.61. The highest BCUT2D eigenvalue weighted by molar-refractivity contribution is 7.94. The van der Waals surface area contributed by atoms with Crippen LogP contribution in [0.2, 0.25) is 0 Å². The van der Waals surface area contributed by atoms with E-state index in [-0.39, 0.29) is 11.0 Å². The third-order valence-electron chi connectivity index (χ3n) is 2.92. The van der Waals surface area contributed by atoms with Crippen molar-refractivity contribution in [3.05, 3.63) is 47.0 Å². The number of halogens is 2. The first-order valence-electron chi connectivity index (χ1n) is 6.51. The minimum Gasteiger partial charge on any atom is -0.609 e. The van der Waals surface area contributed by atoms with E-state index in [2.05, 4.69) is 15.3 Å². The second-order valence-electron chi connectivity index (χ2n) is 4.58. The lowest BCUT2D eigenvalue weighted by molar-refractivity contribution is 0.552. The van der Waals surface area contributed by atoms with E-state index in [1.54, 1.807) is 7.05 Å². The number of anilines is 1. The molecule has 1 aromatic heterocycles. The summed E-state index contributed by atoms with van der Waals surface area (Å²) in [6, 6.07) is 2.20. The Balaban J connectivity index is 2.39. The summed E-state index contributed by atoms with van der Waals surface area (Å²) in [6.45, 7) is 0. The molecular formula is C14H13F2N3O3S2. The van der Waals surface area contributed by atoms with Gasteiger partial charge in [-0.05, 0) is 18.2 Å². The monoisotopic (exact) mass is 373 g/mol. The molecule has 0 saturated heterocycles. The number of hydrogen-bond acceptors (Lipinski definition) is 6. The molecule has 10 heteroatoms. The van der Waals surface area contributed by atoms with Gasteiger partial charge in [0.25, 0.3) is 0 Å². The predicted octanol–water partition coefficient (Wildman–Crippen LogP) is 1.98. The highest BCUT2D eigenvalue weighted by atomic mass is 32.2. The Hall–Kier alpha value is -2.04. The number of rotatable bonds is 5. The van der Waals surface area contributed by atoms with E-state index in [1.807, 2.05) is 0 Å². The summed E-state index contributed by atoms with van der Waals surface area (Å²) in [5.41, 5.74) is 0.304. The fourth-order valence-electron chi connectivity index (χ4n) is 1.78. The summed E-state index contributed by atoms with van der Waals surface area (Å²) in [4.78, 5) is 7.23. The van der Waals surface area contributed by atoms with E-state index in [0.29, 0.717) is 11.6 Å². The number of aromatic nitrogens is 2. The van der Waals surface area contributed by atoms with Gasteiger partial charge in [0, 0.05) is 41.5 Å². The van der Waals surface area contributed by atoms with Crippen LogP contribution in [-0.4, -0.2) is 36.2 Å². The van der Waals surface area contributed by atoms with Crippen LogP contribution in [0.15, 0.2) is 39.9 Å². The highest BCUT2D eigenvalue weighted by Gasteiger charge is 2.17. The molecule has 0 bridgehead atoms. The summed E-state index contributed by atoms with van der Waals surface area (Å²) in [5.74, 6) is -1.79. The van der Waals surface area contributed by atoms with Crippen molar-refractivity contribution in [1.29, 1.82) is 0 Å². The Labute approximate surface area is 140 Å². The summed E-state index contributed by atoms with van der Waals surface area (Å²) >= 11 is -1.39. The van der Waals surface area contributed by atoms with Gasteiger partial charge in [-0.1, -0.05) is 0 Å². The van der Waals surface area contributed by atoms with Gasteiger partial charge in [0.2, 0.25) is 9.84 Å². The van der Waals surface area contributed by atoms with Crippen LogP contribution in [0.5, 0.6) is 0 Å². The second-order valence-corrected chi connectivity index (χ2v) is 7.66. The molecule has 0 aliphatic carbocycles. The van der Waals surface area contributed by atoms with Gasteiger partial charge >= 0.3 is 5.16 Å². The number of nitrogens with zero attached hydrogens (tertiary/aromatic N) is 2. The largest absolute Gasteiger partial charge is 0.609 e. The van der Waals surface area contributed by atoms with Gasteiger partial charge in [-0.25, -0.2) is 17.2 Å². The number of benzene rings is 1. The Morgan fingerprint density at radius 2 is 2.04 bits per heavy atom. The average molecular weight is 373 g/mol. The van der Waals surface area contributed by atoms with Gasteiger partial charge in [0.1, 0.15) is 28.6 Å². The van der Waals surface area contributed by atoms with Gasteiger partial charge in [-0.15, -0.1) is 0 Å². The Morgan fingerprint density at radius 1 is 1.33 bits per heavy atom. The molecule has 0 radical (unpaired) electrons. The predicted molar refractivity (Wildman–Crippen MR) is 86.5 cm³/mol. The number of nitrogens with one attached hydrogen (secondary N) is 1. The van der Waals surface area contributed by atoms with Crippen molar-refractivity contribution in [3.63, 3.8) is 0 Å². The van der Waals surface area contributed by atoms with Gasteiger partial charge in [0.15, 0.2) is 0 Å². The molecule has 0 amide bonds. The number of sulfone groups is 1. The lowest BCUT2D eigenvalue weighted by atomic mass is 10.3. The minimum absolute atomic E-state index is 0.0870. The molecule has 1 heterocycles. The first-order chi connectivity index (χ1) is 11.2. The van der Waals surface area contributed by atoms with Crippen molar-refractivity contribution in [2.75, 3.05) is 18.6 Å². The van der Waals surface area contributed by atoms with E-state index in [0.717, 1.165) is 17.5 Å². The maximum atomic E-state index is 13.6. The minimum atomic E-state index is -4.12. The van der Waals surface area contributed by atoms with Crippen LogP contribution in [-0.2, 0) is 21.0 Å². The van der Waals surface area contributed by atoms with Crippen molar-refractivity contribution in [1.82, 2.24) is 9.97 Å². The molecule has 1 unspecified atom stereocenters. The van der Waals surface area contributed by atoms with Crippen molar-refractivity contribution in [2.24, 2.45) is 0 Å². The third-order valence-corrected chi connectivity index (χ3v) is 5.07. The molecule has 1 N–H and O–H groups in total. The molecule has 6 nitrogen and oxygen atoms in total. The van der Waals surface area contributed by atoms with Crippen molar-refractivity contribution in [2.45, 2.75) is 10.1 Å². The molecule has 24 heavy (non-hydrogen) atoms. The molecule has 0 spiro atoms. The molecule has 0 aliphatic heterocycles. The maximum absolute atomic E-state index is 13.6. The smallest absolute Gasteiger partial charge is 0.344 e.